The second kappa shape index (κ2) is 9.55. The number of hydrogen-bond donors (Lipinski definition) is 3. The number of phenolic OH excluding ortho intramolecular Hbond substituents is 1. The minimum Gasteiger partial charge on any atom is -0.504 e. The first kappa shape index (κ1) is 28.5. The van der Waals surface area contributed by atoms with Crippen LogP contribution in [-0.4, -0.2) is 26.5 Å². The van der Waals surface area contributed by atoms with Gasteiger partial charge < -0.3 is 20.1 Å². The Morgan fingerprint density at radius 3 is 1.91 bits per heavy atom. The zero-order chi connectivity index (χ0) is 30.6. The summed E-state index contributed by atoms with van der Waals surface area (Å²) in [7, 11) is 0. The lowest BCUT2D eigenvalue weighted by atomic mass is 9.53. The van der Waals surface area contributed by atoms with Gasteiger partial charge >= 0.3 is 0 Å². The van der Waals surface area contributed by atoms with Crippen LogP contribution in [0.5, 0.6) is 17.2 Å². The van der Waals surface area contributed by atoms with Crippen molar-refractivity contribution in [1.82, 2.24) is 0 Å². The van der Waals surface area contributed by atoms with Crippen LogP contribution in [-0.2, 0) is 12.8 Å². The standard InChI is InChI=1S/C40H46O4/c1-5-39(42)21-17-33-30-9-7-24-23-25(8-10-26(24)28(30)15-19-37(33,39)3)44-36-32-12-11-31-29(27(32)13-14-35(36)41)16-20-38(4)34(31)18-22-40(38,43)6-2/h1-2,8,10,13-14,23,28-31,33-34,41-43H,7,9,11-12,15-22H2,3-4H3. The fraction of sp³-hybridized carbons (Fsp3) is 0.600. The highest BCUT2D eigenvalue weighted by Crippen LogP contribution is 2.66. The van der Waals surface area contributed by atoms with E-state index >= 15 is 0 Å². The maximum absolute atomic E-state index is 11.3. The third-order valence-corrected chi connectivity index (χ3v) is 14.5. The zero-order valence-corrected chi connectivity index (χ0v) is 26.2. The van der Waals surface area contributed by atoms with Gasteiger partial charge in [-0.1, -0.05) is 37.8 Å². The van der Waals surface area contributed by atoms with Gasteiger partial charge in [0.05, 0.1) is 0 Å². The molecule has 10 atom stereocenters. The van der Waals surface area contributed by atoms with Gasteiger partial charge in [-0.15, -0.1) is 12.8 Å². The van der Waals surface area contributed by atoms with Crippen LogP contribution in [0.15, 0.2) is 30.3 Å². The van der Waals surface area contributed by atoms with Gasteiger partial charge in [0.1, 0.15) is 17.0 Å². The van der Waals surface area contributed by atoms with E-state index in [-0.39, 0.29) is 16.6 Å². The van der Waals surface area contributed by atoms with Gasteiger partial charge in [0.15, 0.2) is 11.5 Å². The second-order valence-corrected chi connectivity index (χ2v) is 15.8. The summed E-state index contributed by atoms with van der Waals surface area (Å²) in [4.78, 5) is 0. The molecule has 0 heterocycles. The van der Waals surface area contributed by atoms with Crippen molar-refractivity contribution in [3.63, 3.8) is 0 Å². The van der Waals surface area contributed by atoms with E-state index in [2.05, 4.69) is 50.0 Å². The molecule has 4 nitrogen and oxygen atoms in total. The molecule has 6 aliphatic rings. The molecule has 0 amide bonds. The minimum absolute atomic E-state index is 0.191. The Kier molecular flexibility index (Phi) is 6.19. The molecule has 6 aliphatic carbocycles. The summed E-state index contributed by atoms with van der Waals surface area (Å²) in [6, 6.07) is 10.5. The van der Waals surface area contributed by atoms with E-state index in [1.807, 2.05) is 6.07 Å². The molecule has 2 aromatic rings. The molecular weight excluding hydrogens is 544 g/mol. The summed E-state index contributed by atoms with van der Waals surface area (Å²) in [6.45, 7) is 4.45. The molecule has 44 heavy (non-hydrogen) atoms. The molecule has 3 N–H and O–H groups in total. The van der Waals surface area contributed by atoms with Crippen LogP contribution in [0.25, 0.3) is 0 Å². The number of ether oxygens (including phenoxy) is 1. The number of aromatic hydroxyl groups is 1. The molecule has 0 bridgehead atoms. The molecular formula is C40H46O4. The quantitative estimate of drug-likeness (QED) is 0.315. The molecule has 0 spiro atoms. The molecule has 0 saturated heterocycles. The number of aryl methyl sites for hydroxylation is 1. The molecule has 0 radical (unpaired) electrons. The lowest BCUT2D eigenvalue weighted by molar-refractivity contribution is -0.0648. The first-order chi connectivity index (χ1) is 21.1. The van der Waals surface area contributed by atoms with Crippen molar-refractivity contribution < 1.29 is 20.1 Å². The van der Waals surface area contributed by atoms with Crippen LogP contribution in [0, 0.1) is 59.2 Å². The number of phenols is 1. The fourth-order valence-electron chi connectivity index (χ4n) is 12.0. The predicted molar refractivity (Wildman–Crippen MR) is 171 cm³/mol. The highest BCUT2D eigenvalue weighted by molar-refractivity contribution is 5.55. The summed E-state index contributed by atoms with van der Waals surface area (Å²) in [5.74, 6) is 10.0. The van der Waals surface area contributed by atoms with Gasteiger partial charge in [0, 0.05) is 16.4 Å². The first-order valence-corrected chi connectivity index (χ1v) is 17.1. The van der Waals surface area contributed by atoms with Crippen LogP contribution in [0.1, 0.15) is 112 Å². The highest BCUT2D eigenvalue weighted by Gasteiger charge is 2.62. The largest absolute Gasteiger partial charge is 0.504 e. The maximum Gasteiger partial charge on any atom is 0.172 e. The van der Waals surface area contributed by atoms with E-state index in [9.17, 15) is 15.3 Å². The average Bonchev–Trinajstić information content (AvgIpc) is 3.47. The van der Waals surface area contributed by atoms with Crippen LogP contribution in [0.2, 0.25) is 0 Å². The smallest absolute Gasteiger partial charge is 0.172 e. The van der Waals surface area contributed by atoms with E-state index in [1.54, 1.807) is 0 Å². The molecule has 230 valence electrons. The number of terminal acetylenes is 2. The summed E-state index contributed by atoms with van der Waals surface area (Å²) in [5, 5.41) is 33.7. The molecule has 8 rings (SSSR count). The lowest BCUT2D eigenvalue weighted by Gasteiger charge is -2.52. The normalized spacial score (nSPS) is 43.2. The molecule has 4 heteroatoms. The first-order valence-electron chi connectivity index (χ1n) is 17.1. The van der Waals surface area contributed by atoms with Crippen molar-refractivity contribution in [2.75, 3.05) is 0 Å². The summed E-state index contributed by atoms with van der Waals surface area (Å²) < 4.78 is 6.60. The average molecular weight is 591 g/mol. The molecule has 4 fully saturated rings. The van der Waals surface area contributed by atoms with E-state index in [0.29, 0.717) is 54.1 Å². The molecule has 4 saturated carbocycles. The van der Waals surface area contributed by atoms with Gasteiger partial charge in [0.2, 0.25) is 0 Å². The zero-order valence-electron chi connectivity index (χ0n) is 26.2. The monoisotopic (exact) mass is 590 g/mol. The van der Waals surface area contributed by atoms with Crippen molar-refractivity contribution in [2.45, 2.75) is 114 Å². The predicted octanol–water partition coefficient (Wildman–Crippen LogP) is 7.63. The number of fused-ring (bicyclic) bond motifs is 10. The summed E-state index contributed by atoms with van der Waals surface area (Å²) in [5.41, 5.74) is 2.85. The van der Waals surface area contributed by atoms with Crippen LogP contribution >= 0.6 is 0 Å². The highest BCUT2D eigenvalue weighted by atomic mass is 16.5. The Morgan fingerprint density at radius 2 is 1.30 bits per heavy atom. The van der Waals surface area contributed by atoms with Crippen molar-refractivity contribution in [3.05, 3.63) is 52.6 Å². The van der Waals surface area contributed by atoms with E-state index < -0.39 is 11.2 Å². The molecule has 10 unspecified atom stereocenters. The van der Waals surface area contributed by atoms with Crippen LogP contribution < -0.4 is 4.74 Å². The molecule has 0 aliphatic heterocycles. The Hall–Kier alpha value is -2.92. The number of hydrogen-bond acceptors (Lipinski definition) is 4. The summed E-state index contributed by atoms with van der Waals surface area (Å²) in [6.07, 6.45) is 23.1. The van der Waals surface area contributed by atoms with Crippen LogP contribution in [0.3, 0.4) is 0 Å². The third-order valence-electron chi connectivity index (χ3n) is 14.5. The third kappa shape index (κ3) is 3.62. The second-order valence-electron chi connectivity index (χ2n) is 15.8. The van der Waals surface area contributed by atoms with E-state index in [4.69, 9.17) is 17.6 Å². The van der Waals surface area contributed by atoms with Gasteiger partial charge in [-0.05, 0) is 147 Å². The Morgan fingerprint density at radius 1 is 0.727 bits per heavy atom. The fourth-order valence-corrected chi connectivity index (χ4v) is 12.0. The number of benzene rings is 2. The maximum atomic E-state index is 11.3. The van der Waals surface area contributed by atoms with Crippen molar-refractivity contribution in [1.29, 1.82) is 0 Å². The van der Waals surface area contributed by atoms with Crippen LogP contribution in [0.4, 0.5) is 0 Å². The van der Waals surface area contributed by atoms with Crippen molar-refractivity contribution in [2.24, 2.45) is 34.5 Å². The lowest BCUT2D eigenvalue weighted by Crippen LogP contribution is -2.50. The summed E-state index contributed by atoms with van der Waals surface area (Å²) >= 11 is 0. The topological polar surface area (TPSA) is 69.9 Å². The molecule has 2 aromatic carbocycles. The Balaban J connectivity index is 1.05. The van der Waals surface area contributed by atoms with Gasteiger partial charge in [0.25, 0.3) is 0 Å². The molecule has 0 aromatic heterocycles. The van der Waals surface area contributed by atoms with Crippen molar-refractivity contribution >= 4 is 0 Å². The number of aliphatic hydroxyl groups is 2. The van der Waals surface area contributed by atoms with Gasteiger partial charge in [-0.3, -0.25) is 0 Å². The SMILES string of the molecule is C#CC1(O)CCC2C3CCc4cc(Oc5c(O)ccc6c5CCC5C6CCC6(C)C5CCC6(O)C#C)ccc4C3CCC21C. The van der Waals surface area contributed by atoms with E-state index in [0.717, 1.165) is 75.5 Å². The van der Waals surface area contributed by atoms with Gasteiger partial charge in [-0.2, -0.15) is 0 Å². The Labute approximate surface area is 262 Å². The van der Waals surface area contributed by atoms with Crippen molar-refractivity contribution in [3.8, 4) is 41.9 Å². The Bertz CT molecular complexity index is 1610. The van der Waals surface area contributed by atoms with E-state index in [1.165, 1.54) is 16.7 Å². The van der Waals surface area contributed by atoms with Gasteiger partial charge in [-0.25, -0.2) is 0 Å². The number of rotatable bonds is 2. The minimum atomic E-state index is -1.00.